The van der Waals surface area contributed by atoms with Gasteiger partial charge in [0, 0.05) is 6.54 Å². The monoisotopic (exact) mass is 352 g/mol. The second-order valence-corrected chi connectivity index (χ2v) is 5.67. The second-order valence-electron chi connectivity index (χ2n) is 5.26. The van der Waals surface area contributed by atoms with E-state index in [-0.39, 0.29) is 19.0 Å². The van der Waals surface area contributed by atoms with Crippen LogP contribution in [0.4, 0.5) is 0 Å². The Hall–Kier alpha value is -2.22. The van der Waals surface area contributed by atoms with Crippen molar-refractivity contribution in [2.75, 3.05) is 19.8 Å². The highest BCUT2D eigenvalue weighted by Crippen LogP contribution is 2.39. The summed E-state index contributed by atoms with van der Waals surface area (Å²) in [5.41, 5.74) is 6.31. The molecule has 4 N–H and O–H groups in total. The topological polar surface area (TPSA) is 107 Å². The van der Waals surface area contributed by atoms with E-state index in [0.717, 1.165) is 0 Å². The molecule has 0 aliphatic carbocycles. The van der Waals surface area contributed by atoms with E-state index in [9.17, 15) is 9.90 Å². The van der Waals surface area contributed by atoms with Crippen molar-refractivity contribution in [3.8, 4) is 11.5 Å². The van der Waals surface area contributed by atoms with Crippen LogP contribution in [0.3, 0.4) is 0 Å². The first-order valence-corrected chi connectivity index (χ1v) is 7.79. The molecule has 1 unspecified atom stereocenters. The summed E-state index contributed by atoms with van der Waals surface area (Å²) in [5.74, 6) is 1.10. The summed E-state index contributed by atoms with van der Waals surface area (Å²) < 4.78 is 16.0. The van der Waals surface area contributed by atoms with Gasteiger partial charge in [-0.3, -0.25) is 4.79 Å². The lowest BCUT2D eigenvalue weighted by atomic mass is 10.1. The molecular formula is C16H17ClN2O5. The largest absolute Gasteiger partial charge is 0.486 e. The first-order chi connectivity index (χ1) is 11.6. The molecule has 1 aromatic heterocycles. The van der Waals surface area contributed by atoms with Gasteiger partial charge in [0.2, 0.25) is 0 Å². The quantitative estimate of drug-likeness (QED) is 0.755. The van der Waals surface area contributed by atoms with Gasteiger partial charge in [0.05, 0.1) is 23.2 Å². The zero-order valence-corrected chi connectivity index (χ0v) is 13.5. The molecular weight excluding hydrogens is 336 g/mol. The van der Waals surface area contributed by atoms with E-state index >= 15 is 0 Å². The molecule has 1 aliphatic rings. The molecule has 2 heterocycles. The molecule has 1 atom stereocenters. The predicted octanol–water partition coefficient (Wildman–Crippen LogP) is 1.63. The number of aliphatic hydroxyl groups is 1. The van der Waals surface area contributed by atoms with Crippen LogP contribution in [0, 0.1) is 0 Å². The van der Waals surface area contributed by atoms with Crippen LogP contribution in [0.25, 0.3) is 0 Å². The number of hydrogen-bond acceptors (Lipinski definition) is 6. The van der Waals surface area contributed by atoms with Crippen LogP contribution in [-0.2, 0) is 6.54 Å². The maximum Gasteiger partial charge on any atom is 0.254 e. The molecule has 2 aromatic rings. The fraction of sp³-hybridized carbons (Fsp3) is 0.312. The minimum atomic E-state index is -0.942. The van der Waals surface area contributed by atoms with Crippen molar-refractivity contribution >= 4 is 17.5 Å². The summed E-state index contributed by atoms with van der Waals surface area (Å²) in [6.45, 7) is 1.08. The van der Waals surface area contributed by atoms with Crippen molar-refractivity contribution in [3.05, 3.63) is 46.4 Å². The minimum Gasteiger partial charge on any atom is -0.486 e. The van der Waals surface area contributed by atoms with Gasteiger partial charge in [-0.1, -0.05) is 11.6 Å². The Kier molecular flexibility index (Phi) is 4.94. The van der Waals surface area contributed by atoms with Crippen molar-refractivity contribution in [2.45, 2.75) is 12.6 Å². The number of nitrogens with two attached hydrogens (primary N) is 1. The number of amides is 1. The van der Waals surface area contributed by atoms with Crippen LogP contribution in [0.2, 0.25) is 5.02 Å². The van der Waals surface area contributed by atoms with E-state index in [2.05, 4.69) is 5.32 Å². The molecule has 0 fully saturated rings. The zero-order valence-electron chi connectivity index (χ0n) is 12.8. The number of furan rings is 1. The number of halogens is 1. The average Bonchev–Trinajstić information content (AvgIpc) is 3.08. The van der Waals surface area contributed by atoms with E-state index < -0.39 is 6.10 Å². The van der Waals surface area contributed by atoms with Crippen LogP contribution in [0.1, 0.15) is 27.8 Å². The van der Waals surface area contributed by atoms with Crippen molar-refractivity contribution in [2.24, 2.45) is 5.73 Å². The lowest BCUT2D eigenvalue weighted by Gasteiger charge is -2.21. The van der Waals surface area contributed by atoms with Crippen molar-refractivity contribution in [1.82, 2.24) is 5.32 Å². The molecule has 1 aromatic carbocycles. The average molecular weight is 353 g/mol. The summed E-state index contributed by atoms with van der Waals surface area (Å²) in [7, 11) is 0. The molecule has 0 radical (unpaired) electrons. The fourth-order valence-electron chi connectivity index (χ4n) is 2.34. The fourth-order valence-corrected chi connectivity index (χ4v) is 2.61. The van der Waals surface area contributed by atoms with Gasteiger partial charge in [-0.15, -0.1) is 0 Å². The molecule has 128 valence electrons. The summed E-state index contributed by atoms with van der Waals surface area (Å²) in [5, 5.41) is 13.3. The Bertz CT molecular complexity index is 746. The van der Waals surface area contributed by atoms with E-state index in [0.29, 0.717) is 46.6 Å². The molecule has 0 saturated carbocycles. The molecule has 1 aliphatic heterocycles. The Labute approximate surface area is 143 Å². The first-order valence-electron chi connectivity index (χ1n) is 7.41. The number of rotatable bonds is 5. The predicted molar refractivity (Wildman–Crippen MR) is 86.3 cm³/mol. The van der Waals surface area contributed by atoms with E-state index in [1.54, 1.807) is 18.2 Å². The number of aliphatic hydroxyl groups excluding tert-OH is 1. The third-order valence-corrected chi connectivity index (χ3v) is 3.86. The standard InChI is InChI=1S/C16H17ClN2O5/c17-12-4-9(5-14-15(12)23-2-1-22-14)13(20)7-19-16(21)10-3-11(6-18)24-8-10/h3-5,8,13,20H,1-2,6-7,18H2,(H,19,21). The number of carbonyl (C=O) groups excluding carboxylic acids is 1. The van der Waals surface area contributed by atoms with Gasteiger partial charge in [0.15, 0.2) is 11.5 Å². The number of hydrogen-bond donors (Lipinski definition) is 3. The van der Waals surface area contributed by atoms with Crippen LogP contribution >= 0.6 is 11.6 Å². The SMILES string of the molecule is NCc1cc(C(=O)NCC(O)c2cc(Cl)c3c(c2)OCCO3)co1. The van der Waals surface area contributed by atoms with Gasteiger partial charge in [0.1, 0.15) is 25.2 Å². The van der Waals surface area contributed by atoms with E-state index in [1.165, 1.54) is 6.26 Å². The first kappa shape index (κ1) is 16.6. The number of carbonyl (C=O) groups is 1. The summed E-state index contributed by atoms with van der Waals surface area (Å²) in [4.78, 5) is 12.0. The molecule has 3 rings (SSSR count). The third-order valence-electron chi connectivity index (χ3n) is 3.58. The lowest BCUT2D eigenvalue weighted by Crippen LogP contribution is -2.28. The highest BCUT2D eigenvalue weighted by Gasteiger charge is 2.20. The molecule has 7 nitrogen and oxygen atoms in total. The lowest BCUT2D eigenvalue weighted by molar-refractivity contribution is 0.0915. The van der Waals surface area contributed by atoms with Gasteiger partial charge in [-0.2, -0.15) is 0 Å². The van der Waals surface area contributed by atoms with Crippen LogP contribution in [0.15, 0.2) is 28.9 Å². The third kappa shape index (κ3) is 3.48. The smallest absolute Gasteiger partial charge is 0.254 e. The summed E-state index contributed by atoms with van der Waals surface area (Å²) in [6, 6.07) is 4.81. The number of benzene rings is 1. The van der Waals surface area contributed by atoms with Gasteiger partial charge in [-0.05, 0) is 23.8 Å². The normalized spacial score (nSPS) is 14.3. The molecule has 0 saturated heterocycles. The van der Waals surface area contributed by atoms with Gasteiger partial charge in [0.25, 0.3) is 5.91 Å². The Morgan fingerprint density at radius 2 is 2.12 bits per heavy atom. The Morgan fingerprint density at radius 1 is 1.33 bits per heavy atom. The molecule has 0 bridgehead atoms. The van der Waals surface area contributed by atoms with Gasteiger partial charge >= 0.3 is 0 Å². The second kappa shape index (κ2) is 7.12. The van der Waals surface area contributed by atoms with Crippen molar-refractivity contribution < 1.29 is 23.8 Å². The van der Waals surface area contributed by atoms with Crippen LogP contribution in [-0.4, -0.2) is 30.8 Å². The maximum absolute atomic E-state index is 12.0. The molecule has 8 heteroatoms. The molecule has 0 spiro atoms. The van der Waals surface area contributed by atoms with Crippen LogP contribution in [0.5, 0.6) is 11.5 Å². The Balaban J connectivity index is 1.65. The highest BCUT2D eigenvalue weighted by atomic mass is 35.5. The molecule has 1 amide bonds. The van der Waals surface area contributed by atoms with E-state index in [1.807, 2.05) is 0 Å². The van der Waals surface area contributed by atoms with Crippen molar-refractivity contribution in [1.29, 1.82) is 0 Å². The number of fused-ring (bicyclic) bond motifs is 1. The van der Waals surface area contributed by atoms with Gasteiger partial charge < -0.3 is 30.0 Å². The molecule has 24 heavy (non-hydrogen) atoms. The number of ether oxygens (including phenoxy) is 2. The van der Waals surface area contributed by atoms with Crippen molar-refractivity contribution in [3.63, 3.8) is 0 Å². The Morgan fingerprint density at radius 3 is 2.88 bits per heavy atom. The summed E-state index contributed by atoms with van der Waals surface area (Å²) >= 11 is 6.14. The summed E-state index contributed by atoms with van der Waals surface area (Å²) in [6.07, 6.45) is 0.383. The maximum atomic E-state index is 12.0. The van der Waals surface area contributed by atoms with Gasteiger partial charge in [-0.25, -0.2) is 0 Å². The van der Waals surface area contributed by atoms with E-state index in [4.69, 9.17) is 31.2 Å². The zero-order chi connectivity index (χ0) is 17.1. The minimum absolute atomic E-state index is 0.0118. The highest BCUT2D eigenvalue weighted by molar-refractivity contribution is 6.32. The number of nitrogens with one attached hydrogen (secondary N) is 1. The van der Waals surface area contributed by atoms with Crippen LogP contribution < -0.4 is 20.5 Å².